The number of hydrogen-bond acceptors (Lipinski definition) is 5. The Balaban J connectivity index is 4.35. The second-order valence-corrected chi connectivity index (χ2v) is 2.73. The molecular formula is C2H7N2O7P. The van der Waals surface area contributed by atoms with Crippen molar-refractivity contribution < 1.29 is 34.0 Å². The van der Waals surface area contributed by atoms with Gasteiger partial charge >= 0.3 is 13.9 Å². The maximum absolute atomic E-state index is 10.2. The van der Waals surface area contributed by atoms with Gasteiger partial charge in [-0.25, -0.2) is 9.36 Å². The molecule has 0 aliphatic rings. The van der Waals surface area contributed by atoms with Crippen LogP contribution in [0.5, 0.6) is 0 Å². The average molecular weight is 202 g/mol. The Bertz CT molecular complexity index is 209. The zero-order chi connectivity index (χ0) is 9.94. The summed E-state index contributed by atoms with van der Waals surface area (Å²) in [5.74, 6) is 0. The lowest BCUT2D eigenvalue weighted by molar-refractivity contribution is -0.235. The van der Waals surface area contributed by atoms with Crippen LogP contribution in [0.3, 0.4) is 0 Å². The summed E-state index contributed by atoms with van der Waals surface area (Å²) in [6.07, 6.45) is -2.53. The number of hydroxylamine groups is 2. The van der Waals surface area contributed by atoms with Crippen LogP contribution < -0.4 is 5.73 Å². The van der Waals surface area contributed by atoms with Crippen LogP contribution in [0.1, 0.15) is 0 Å². The highest BCUT2D eigenvalue weighted by molar-refractivity contribution is 7.46. The van der Waals surface area contributed by atoms with Gasteiger partial charge < -0.3 is 25.7 Å². The molecule has 6 N–H and O–H groups in total. The van der Waals surface area contributed by atoms with Gasteiger partial charge in [-0.05, 0) is 0 Å². The van der Waals surface area contributed by atoms with Crippen molar-refractivity contribution in [1.29, 1.82) is 0 Å². The van der Waals surface area contributed by atoms with E-state index in [1.165, 1.54) is 0 Å². The number of hydrogen-bond donors (Lipinski definition) is 5. The molecule has 0 saturated carbocycles. The van der Waals surface area contributed by atoms with Crippen molar-refractivity contribution >= 4 is 13.9 Å². The molecule has 0 unspecified atom stereocenters. The first-order valence-corrected chi connectivity index (χ1v) is 3.97. The highest BCUT2D eigenvalue weighted by Gasteiger charge is 2.27. The lowest BCUT2D eigenvalue weighted by atomic mass is 10.9. The number of nitrogens with two attached hydrogens (primary N) is 1. The zero-order valence-electron chi connectivity index (χ0n) is 5.56. The Morgan fingerprint density at radius 1 is 1.50 bits per heavy atom. The predicted molar refractivity (Wildman–Crippen MR) is 32.8 cm³/mol. The standard InChI is InChI=1S/C2H7N2O7P/c3-1(5)4(2(6)7)11-12(8,9)10/h2,6-7H,(H2,3,5)(H2,8,9,10). The Morgan fingerprint density at radius 3 is 2.00 bits per heavy atom. The number of urea groups is 1. The van der Waals surface area contributed by atoms with Crippen LogP contribution in [0, 0.1) is 0 Å². The minimum atomic E-state index is -5.02. The molecule has 10 heteroatoms. The average Bonchev–Trinajstić information content (AvgIpc) is 1.79. The van der Waals surface area contributed by atoms with E-state index in [0.29, 0.717) is 0 Å². The van der Waals surface area contributed by atoms with Gasteiger partial charge in [0, 0.05) is 0 Å². The largest absolute Gasteiger partial charge is 0.491 e. The van der Waals surface area contributed by atoms with Gasteiger partial charge in [0.05, 0.1) is 0 Å². The summed E-state index contributed by atoms with van der Waals surface area (Å²) in [7, 11) is -5.02. The van der Waals surface area contributed by atoms with E-state index in [-0.39, 0.29) is 0 Å². The molecule has 9 nitrogen and oxygen atoms in total. The van der Waals surface area contributed by atoms with E-state index < -0.39 is 25.3 Å². The summed E-state index contributed by atoms with van der Waals surface area (Å²) in [5.41, 5.74) is 4.44. The van der Waals surface area contributed by atoms with Gasteiger partial charge in [0.2, 0.25) is 0 Å². The van der Waals surface area contributed by atoms with Crippen LogP contribution >= 0.6 is 7.82 Å². The SMILES string of the molecule is NC(=O)N(OP(=O)(O)O)C(O)O. The number of rotatable bonds is 3. The normalized spacial score (nSPS) is 11.8. The van der Waals surface area contributed by atoms with Crippen molar-refractivity contribution in [2.45, 2.75) is 6.41 Å². The molecule has 0 spiro atoms. The number of carbonyl (C=O) groups excluding carboxylic acids is 1. The van der Waals surface area contributed by atoms with E-state index >= 15 is 0 Å². The minimum absolute atomic E-state index is 0.471. The van der Waals surface area contributed by atoms with Gasteiger partial charge in [-0.2, -0.15) is 4.62 Å². The van der Waals surface area contributed by atoms with Crippen molar-refractivity contribution in [1.82, 2.24) is 5.06 Å². The third kappa shape index (κ3) is 4.23. The molecule has 0 aliphatic heterocycles. The number of phosphoric acid groups is 1. The quantitative estimate of drug-likeness (QED) is 0.195. The third-order valence-corrected chi connectivity index (χ3v) is 1.01. The van der Waals surface area contributed by atoms with Crippen LogP contribution in [0.4, 0.5) is 4.79 Å². The molecular weight excluding hydrogens is 195 g/mol. The number of aliphatic hydroxyl groups is 2. The first-order valence-electron chi connectivity index (χ1n) is 2.44. The Morgan fingerprint density at radius 2 is 1.92 bits per heavy atom. The lowest BCUT2D eigenvalue weighted by Gasteiger charge is -2.20. The number of nitrogens with zero attached hydrogens (tertiary/aromatic N) is 1. The molecule has 0 rings (SSSR count). The van der Waals surface area contributed by atoms with E-state index in [0.717, 1.165) is 0 Å². The highest BCUT2D eigenvalue weighted by atomic mass is 31.2. The molecule has 0 aromatic rings. The summed E-state index contributed by atoms with van der Waals surface area (Å²) >= 11 is 0. The first-order chi connectivity index (χ1) is 5.24. The zero-order valence-corrected chi connectivity index (χ0v) is 6.46. The molecule has 0 saturated heterocycles. The molecule has 0 aromatic heterocycles. The molecule has 0 bridgehead atoms. The van der Waals surface area contributed by atoms with Crippen molar-refractivity contribution in [3.8, 4) is 0 Å². The number of primary amides is 1. The molecule has 12 heavy (non-hydrogen) atoms. The fraction of sp³-hybridized carbons (Fsp3) is 0.500. The Kier molecular flexibility index (Phi) is 3.58. The molecule has 72 valence electrons. The third-order valence-electron chi connectivity index (χ3n) is 0.621. The molecule has 0 aliphatic carbocycles. The second kappa shape index (κ2) is 3.81. The predicted octanol–water partition coefficient (Wildman–Crippen LogP) is -2.34. The minimum Gasteiger partial charge on any atom is -0.350 e. The topological polar surface area (TPSA) is 154 Å². The number of aliphatic hydroxyl groups excluding tert-OH is 1. The summed E-state index contributed by atoms with van der Waals surface area (Å²) in [6, 6.07) is -1.55. The smallest absolute Gasteiger partial charge is 0.350 e. The summed E-state index contributed by atoms with van der Waals surface area (Å²) in [6.45, 7) is 0. The van der Waals surface area contributed by atoms with E-state index in [2.05, 4.69) is 10.4 Å². The first kappa shape index (κ1) is 11.3. The maximum atomic E-state index is 10.2. The number of amides is 2. The molecule has 0 atom stereocenters. The maximum Gasteiger partial charge on any atom is 0.491 e. The van der Waals surface area contributed by atoms with Gasteiger partial charge in [-0.1, -0.05) is 0 Å². The second-order valence-electron chi connectivity index (χ2n) is 1.58. The van der Waals surface area contributed by atoms with Crippen molar-refractivity contribution in [2.24, 2.45) is 5.73 Å². The van der Waals surface area contributed by atoms with Gasteiger partial charge in [0.25, 0.3) is 6.41 Å². The van der Waals surface area contributed by atoms with Crippen molar-refractivity contribution in [2.75, 3.05) is 0 Å². The summed E-state index contributed by atoms with van der Waals surface area (Å²) in [4.78, 5) is 26.4. The summed E-state index contributed by atoms with van der Waals surface area (Å²) < 4.78 is 13.5. The van der Waals surface area contributed by atoms with Crippen LogP contribution in [0.15, 0.2) is 0 Å². The fourth-order valence-corrected chi connectivity index (χ4v) is 0.705. The van der Waals surface area contributed by atoms with Crippen LogP contribution in [0.2, 0.25) is 0 Å². The Hall–Kier alpha value is -0.700. The van der Waals surface area contributed by atoms with Crippen molar-refractivity contribution in [3.63, 3.8) is 0 Å². The van der Waals surface area contributed by atoms with Crippen LogP contribution in [-0.4, -0.2) is 37.5 Å². The van der Waals surface area contributed by atoms with Crippen molar-refractivity contribution in [3.05, 3.63) is 0 Å². The van der Waals surface area contributed by atoms with E-state index in [9.17, 15) is 9.36 Å². The van der Waals surface area contributed by atoms with E-state index in [4.69, 9.17) is 20.0 Å². The van der Waals surface area contributed by atoms with Gasteiger partial charge in [0.1, 0.15) is 0 Å². The van der Waals surface area contributed by atoms with Gasteiger partial charge in [-0.15, -0.1) is 5.06 Å². The number of carbonyl (C=O) groups is 1. The van der Waals surface area contributed by atoms with Gasteiger partial charge in [-0.3, -0.25) is 0 Å². The molecule has 0 aromatic carbocycles. The fourth-order valence-electron chi connectivity index (χ4n) is 0.311. The van der Waals surface area contributed by atoms with Gasteiger partial charge in [0.15, 0.2) is 0 Å². The van der Waals surface area contributed by atoms with E-state index in [1.54, 1.807) is 0 Å². The summed E-state index contributed by atoms with van der Waals surface area (Å²) in [5, 5.41) is 16.0. The van der Waals surface area contributed by atoms with Crippen LogP contribution in [0.25, 0.3) is 0 Å². The van der Waals surface area contributed by atoms with Crippen LogP contribution in [-0.2, 0) is 9.19 Å². The highest BCUT2D eigenvalue weighted by Crippen LogP contribution is 2.37. The molecule has 0 radical (unpaired) electrons. The Labute approximate surface area is 66.2 Å². The monoisotopic (exact) mass is 202 g/mol. The lowest BCUT2D eigenvalue weighted by Crippen LogP contribution is -2.42. The molecule has 0 heterocycles. The van der Waals surface area contributed by atoms with E-state index in [1.807, 2.05) is 0 Å². The molecule has 2 amide bonds. The molecule has 0 fully saturated rings.